The monoisotopic (exact) mass is 353 g/mol. The largest absolute Gasteiger partial charge is 0.480 e. The highest BCUT2D eigenvalue weighted by Crippen LogP contribution is 2.33. The van der Waals surface area contributed by atoms with Gasteiger partial charge in [-0.15, -0.1) is 0 Å². The maximum Gasteiger partial charge on any atom is 0.326 e. The summed E-state index contributed by atoms with van der Waals surface area (Å²) in [5.41, 5.74) is 0.256. The number of amides is 1. The summed E-state index contributed by atoms with van der Waals surface area (Å²) < 4.78 is 24.2. The second kappa shape index (κ2) is 7.79. The van der Waals surface area contributed by atoms with E-state index in [2.05, 4.69) is 5.32 Å². The number of carbonyl (C=O) groups is 2. The van der Waals surface area contributed by atoms with Gasteiger partial charge in [0.1, 0.15) is 6.04 Å². The molecular formula is C17H23NO5S. The number of unbranched alkanes of at least 4 members (excludes halogenated alkanes) is 1. The van der Waals surface area contributed by atoms with Crippen molar-refractivity contribution in [1.82, 2.24) is 5.32 Å². The van der Waals surface area contributed by atoms with Gasteiger partial charge in [-0.1, -0.05) is 26.2 Å². The van der Waals surface area contributed by atoms with E-state index in [1.807, 2.05) is 6.92 Å². The molecule has 0 aliphatic heterocycles. The van der Waals surface area contributed by atoms with Gasteiger partial charge in [-0.25, -0.2) is 13.2 Å². The Morgan fingerprint density at radius 2 is 1.88 bits per heavy atom. The number of aliphatic carboxylic acids is 1. The molecule has 0 saturated heterocycles. The summed E-state index contributed by atoms with van der Waals surface area (Å²) in [6.45, 7) is 1.92. The molecule has 1 aliphatic carbocycles. The number of carbonyl (C=O) groups excluding carboxylic acids is 1. The van der Waals surface area contributed by atoms with Crippen molar-refractivity contribution in [2.75, 3.05) is 5.75 Å². The van der Waals surface area contributed by atoms with Crippen LogP contribution in [0.25, 0.3) is 0 Å². The predicted octanol–water partition coefficient (Wildman–Crippen LogP) is 2.24. The second-order valence-corrected chi connectivity index (χ2v) is 8.35. The predicted molar refractivity (Wildman–Crippen MR) is 89.6 cm³/mol. The van der Waals surface area contributed by atoms with Crippen LogP contribution in [0.1, 0.15) is 49.4 Å². The lowest BCUT2D eigenvalue weighted by Crippen LogP contribution is -2.41. The van der Waals surface area contributed by atoms with Gasteiger partial charge in [0.25, 0.3) is 5.91 Å². The number of benzene rings is 1. The van der Waals surface area contributed by atoms with E-state index in [0.29, 0.717) is 18.8 Å². The van der Waals surface area contributed by atoms with Crippen LogP contribution in [-0.4, -0.2) is 37.2 Å². The molecule has 7 heteroatoms. The standard InChI is InChI=1S/C17H23NO5S/c1-2-3-10-24(22,23)14-8-6-13(7-9-14)16(19)18-15(17(20)21)11-12-4-5-12/h6-9,12,15H,2-5,10-11H2,1H3,(H,18,19)(H,20,21). The Labute approximate surface area is 142 Å². The van der Waals surface area contributed by atoms with Gasteiger partial charge in [-0.05, 0) is 43.0 Å². The topological polar surface area (TPSA) is 101 Å². The molecule has 1 aromatic rings. The van der Waals surface area contributed by atoms with Gasteiger partial charge in [0, 0.05) is 5.56 Å². The third kappa shape index (κ3) is 5.06. The zero-order chi connectivity index (χ0) is 17.7. The molecule has 2 rings (SSSR count). The van der Waals surface area contributed by atoms with Crippen molar-refractivity contribution >= 4 is 21.7 Å². The third-order valence-corrected chi connectivity index (χ3v) is 5.93. The Bertz CT molecular complexity index is 692. The second-order valence-electron chi connectivity index (χ2n) is 6.24. The van der Waals surface area contributed by atoms with Crippen LogP contribution >= 0.6 is 0 Å². The quantitative estimate of drug-likeness (QED) is 0.709. The van der Waals surface area contributed by atoms with E-state index in [1.165, 1.54) is 24.3 Å². The van der Waals surface area contributed by atoms with Crippen LogP contribution in [0.5, 0.6) is 0 Å². The van der Waals surface area contributed by atoms with Gasteiger partial charge < -0.3 is 10.4 Å². The van der Waals surface area contributed by atoms with Crippen molar-refractivity contribution in [3.63, 3.8) is 0 Å². The molecular weight excluding hydrogens is 330 g/mol. The molecule has 0 bridgehead atoms. The summed E-state index contributed by atoms with van der Waals surface area (Å²) in [7, 11) is -3.33. The summed E-state index contributed by atoms with van der Waals surface area (Å²) in [4.78, 5) is 23.6. The van der Waals surface area contributed by atoms with Gasteiger partial charge in [0.15, 0.2) is 9.84 Å². The first-order chi connectivity index (χ1) is 11.3. The van der Waals surface area contributed by atoms with Crippen LogP contribution in [-0.2, 0) is 14.6 Å². The summed E-state index contributed by atoms with van der Waals surface area (Å²) >= 11 is 0. The van der Waals surface area contributed by atoms with Crippen LogP contribution in [0, 0.1) is 5.92 Å². The van der Waals surface area contributed by atoms with Gasteiger partial charge in [0.2, 0.25) is 0 Å². The average molecular weight is 353 g/mol. The maximum absolute atomic E-state index is 12.2. The number of carboxylic acids is 1. The Morgan fingerprint density at radius 3 is 2.38 bits per heavy atom. The minimum Gasteiger partial charge on any atom is -0.480 e. The first kappa shape index (κ1) is 18.4. The van der Waals surface area contributed by atoms with Crippen molar-refractivity contribution < 1.29 is 23.1 Å². The fourth-order valence-electron chi connectivity index (χ4n) is 2.42. The molecule has 6 nitrogen and oxygen atoms in total. The number of rotatable bonds is 9. The minimum atomic E-state index is -3.33. The van der Waals surface area contributed by atoms with Gasteiger partial charge in [0.05, 0.1) is 10.6 Å². The van der Waals surface area contributed by atoms with E-state index < -0.39 is 27.8 Å². The molecule has 1 amide bonds. The molecule has 1 saturated carbocycles. The lowest BCUT2D eigenvalue weighted by Gasteiger charge is -2.14. The van der Waals surface area contributed by atoms with Gasteiger partial charge in [-0.2, -0.15) is 0 Å². The summed E-state index contributed by atoms with van der Waals surface area (Å²) in [5.74, 6) is -1.09. The molecule has 1 aliphatic rings. The molecule has 0 radical (unpaired) electrons. The van der Waals surface area contributed by atoms with Gasteiger partial charge in [-0.3, -0.25) is 4.79 Å². The highest BCUT2D eigenvalue weighted by atomic mass is 32.2. The summed E-state index contributed by atoms with van der Waals surface area (Å²) in [6.07, 6.45) is 3.82. The van der Waals surface area contributed by atoms with E-state index in [9.17, 15) is 23.1 Å². The van der Waals surface area contributed by atoms with Crippen LogP contribution in [0.2, 0.25) is 0 Å². The van der Waals surface area contributed by atoms with E-state index in [0.717, 1.165) is 19.3 Å². The van der Waals surface area contributed by atoms with Crippen molar-refractivity contribution in [2.45, 2.75) is 50.0 Å². The number of hydrogen-bond acceptors (Lipinski definition) is 4. The van der Waals surface area contributed by atoms with Crippen molar-refractivity contribution in [1.29, 1.82) is 0 Å². The molecule has 132 valence electrons. The first-order valence-electron chi connectivity index (χ1n) is 8.20. The summed E-state index contributed by atoms with van der Waals surface area (Å²) in [5, 5.41) is 11.7. The number of nitrogens with one attached hydrogen (secondary N) is 1. The Kier molecular flexibility index (Phi) is 5.99. The van der Waals surface area contributed by atoms with Crippen molar-refractivity contribution in [3.05, 3.63) is 29.8 Å². The molecule has 0 aromatic heterocycles. The maximum atomic E-state index is 12.2. The number of hydrogen-bond donors (Lipinski definition) is 2. The van der Waals surface area contributed by atoms with E-state index in [1.54, 1.807) is 0 Å². The molecule has 24 heavy (non-hydrogen) atoms. The highest BCUT2D eigenvalue weighted by molar-refractivity contribution is 7.91. The van der Waals surface area contributed by atoms with Crippen molar-refractivity contribution in [2.24, 2.45) is 5.92 Å². The number of carboxylic acid groups (broad SMARTS) is 1. The molecule has 0 spiro atoms. The zero-order valence-corrected chi connectivity index (χ0v) is 14.5. The lowest BCUT2D eigenvalue weighted by atomic mass is 10.1. The smallest absolute Gasteiger partial charge is 0.326 e. The molecule has 1 atom stereocenters. The lowest BCUT2D eigenvalue weighted by molar-refractivity contribution is -0.139. The molecule has 1 fully saturated rings. The minimum absolute atomic E-state index is 0.0809. The van der Waals surface area contributed by atoms with Crippen LogP contribution in [0.4, 0.5) is 0 Å². The van der Waals surface area contributed by atoms with Crippen LogP contribution < -0.4 is 5.32 Å². The molecule has 0 heterocycles. The first-order valence-corrected chi connectivity index (χ1v) is 9.85. The fraction of sp³-hybridized carbons (Fsp3) is 0.529. The van der Waals surface area contributed by atoms with E-state index in [4.69, 9.17) is 0 Å². The average Bonchev–Trinajstić information content (AvgIpc) is 3.36. The Morgan fingerprint density at radius 1 is 1.25 bits per heavy atom. The van der Waals surface area contributed by atoms with Gasteiger partial charge >= 0.3 is 5.97 Å². The Hall–Kier alpha value is -1.89. The molecule has 1 aromatic carbocycles. The zero-order valence-electron chi connectivity index (χ0n) is 13.7. The molecule has 1 unspecified atom stereocenters. The van der Waals surface area contributed by atoms with E-state index in [-0.39, 0.29) is 16.2 Å². The summed E-state index contributed by atoms with van der Waals surface area (Å²) in [6, 6.07) is 4.74. The fourth-order valence-corrected chi connectivity index (χ4v) is 3.87. The van der Waals surface area contributed by atoms with Crippen molar-refractivity contribution in [3.8, 4) is 0 Å². The highest BCUT2D eigenvalue weighted by Gasteiger charge is 2.30. The van der Waals surface area contributed by atoms with E-state index >= 15 is 0 Å². The SMILES string of the molecule is CCCCS(=O)(=O)c1ccc(C(=O)NC(CC2CC2)C(=O)O)cc1. The number of sulfone groups is 1. The Balaban J connectivity index is 2.03. The third-order valence-electron chi connectivity index (χ3n) is 4.11. The molecule has 2 N–H and O–H groups in total. The normalized spacial score (nSPS) is 15.7. The van der Waals surface area contributed by atoms with Crippen LogP contribution in [0.3, 0.4) is 0 Å². The van der Waals surface area contributed by atoms with Crippen LogP contribution in [0.15, 0.2) is 29.2 Å².